The molecule has 1 aromatic heterocycles. The number of pyridine rings is 1. The van der Waals surface area contributed by atoms with Gasteiger partial charge >= 0.3 is 0 Å². The second kappa shape index (κ2) is 6.02. The third kappa shape index (κ3) is 3.67. The molecule has 0 amide bonds. The van der Waals surface area contributed by atoms with Crippen LogP contribution < -0.4 is 4.90 Å². The highest BCUT2D eigenvalue weighted by molar-refractivity contribution is 6.17. The molecule has 0 aliphatic carbocycles. The van der Waals surface area contributed by atoms with Gasteiger partial charge in [-0.05, 0) is 42.3 Å². The van der Waals surface area contributed by atoms with E-state index in [2.05, 4.69) is 4.98 Å². The van der Waals surface area contributed by atoms with Crippen LogP contribution in [0.3, 0.4) is 0 Å². The number of nitrogens with zero attached hydrogens (tertiary/aromatic N) is 2. The smallest absolute Gasteiger partial charge is 0.129 e. The summed E-state index contributed by atoms with van der Waals surface area (Å²) in [5.74, 6) is 1.09. The molecule has 0 aliphatic rings. The van der Waals surface area contributed by atoms with Crippen molar-refractivity contribution < 1.29 is 4.39 Å². The zero-order valence-corrected chi connectivity index (χ0v) is 11.8. The quantitative estimate of drug-likeness (QED) is 0.789. The first-order valence-corrected chi connectivity index (χ1v) is 6.61. The third-order valence-corrected chi connectivity index (χ3v) is 3.16. The molecule has 0 saturated heterocycles. The maximum Gasteiger partial charge on any atom is 0.129 e. The first-order chi connectivity index (χ1) is 9.08. The molecule has 0 saturated carbocycles. The Bertz CT molecular complexity index is 572. The van der Waals surface area contributed by atoms with Gasteiger partial charge in [0.1, 0.15) is 11.6 Å². The van der Waals surface area contributed by atoms with Gasteiger partial charge in [0.05, 0.1) is 0 Å². The van der Waals surface area contributed by atoms with Crippen molar-refractivity contribution in [2.45, 2.75) is 19.3 Å². The van der Waals surface area contributed by atoms with Gasteiger partial charge < -0.3 is 4.90 Å². The van der Waals surface area contributed by atoms with Crippen molar-refractivity contribution in [2.75, 3.05) is 11.9 Å². The van der Waals surface area contributed by atoms with E-state index < -0.39 is 0 Å². The van der Waals surface area contributed by atoms with E-state index in [1.165, 1.54) is 12.1 Å². The lowest BCUT2D eigenvalue weighted by molar-refractivity contribution is 0.625. The van der Waals surface area contributed by atoms with Crippen molar-refractivity contribution in [2.24, 2.45) is 0 Å². The summed E-state index contributed by atoms with van der Waals surface area (Å²) in [5.41, 5.74) is 2.88. The van der Waals surface area contributed by atoms with Crippen LogP contribution in [0.4, 0.5) is 10.2 Å². The van der Waals surface area contributed by atoms with Crippen molar-refractivity contribution in [3.05, 3.63) is 59.0 Å². The molecule has 2 nitrogen and oxygen atoms in total. The summed E-state index contributed by atoms with van der Waals surface area (Å²) in [7, 11) is 1.94. The molecule has 0 aliphatic heterocycles. The number of aromatic nitrogens is 1. The molecule has 0 radical (unpaired) electrons. The lowest BCUT2D eigenvalue weighted by atomic mass is 10.2. The standard InChI is InChI=1S/C15H16ClFN2/c1-11-6-13(9-16)8-15(18-11)19(2)10-12-4-3-5-14(17)7-12/h3-8H,9-10H2,1-2H3. The van der Waals surface area contributed by atoms with E-state index in [0.717, 1.165) is 22.6 Å². The van der Waals surface area contributed by atoms with E-state index >= 15 is 0 Å². The Balaban J connectivity index is 2.20. The highest BCUT2D eigenvalue weighted by Gasteiger charge is 2.06. The number of hydrogen-bond acceptors (Lipinski definition) is 2. The predicted octanol–water partition coefficient (Wildman–Crippen LogP) is 3.90. The Morgan fingerprint density at radius 3 is 2.68 bits per heavy atom. The molecule has 1 heterocycles. The summed E-state index contributed by atoms with van der Waals surface area (Å²) in [6, 6.07) is 10.5. The highest BCUT2D eigenvalue weighted by Crippen LogP contribution is 2.17. The van der Waals surface area contributed by atoms with Gasteiger partial charge in [0, 0.05) is 25.2 Å². The first kappa shape index (κ1) is 13.8. The van der Waals surface area contributed by atoms with Crippen molar-refractivity contribution in [1.82, 2.24) is 4.98 Å². The molecule has 2 aromatic rings. The van der Waals surface area contributed by atoms with Crippen LogP contribution in [0.5, 0.6) is 0 Å². The third-order valence-electron chi connectivity index (χ3n) is 2.85. The average Bonchev–Trinajstić information content (AvgIpc) is 2.38. The van der Waals surface area contributed by atoms with Gasteiger partial charge in [0.2, 0.25) is 0 Å². The topological polar surface area (TPSA) is 16.1 Å². The van der Waals surface area contributed by atoms with Gasteiger partial charge in [-0.1, -0.05) is 12.1 Å². The van der Waals surface area contributed by atoms with Gasteiger partial charge in [-0.15, -0.1) is 11.6 Å². The highest BCUT2D eigenvalue weighted by atomic mass is 35.5. The van der Waals surface area contributed by atoms with Gasteiger partial charge in [-0.25, -0.2) is 9.37 Å². The molecule has 0 bridgehead atoms. The van der Waals surface area contributed by atoms with E-state index in [-0.39, 0.29) is 5.82 Å². The van der Waals surface area contributed by atoms with Crippen molar-refractivity contribution in [3.63, 3.8) is 0 Å². The lowest BCUT2D eigenvalue weighted by Gasteiger charge is -2.19. The Morgan fingerprint density at radius 1 is 1.21 bits per heavy atom. The number of alkyl halides is 1. The van der Waals surface area contributed by atoms with Crippen LogP contribution in [-0.4, -0.2) is 12.0 Å². The van der Waals surface area contributed by atoms with Crippen LogP contribution in [0.2, 0.25) is 0 Å². The van der Waals surface area contributed by atoms with Crippen LogP contribution in [0.15, 0.2) is 36.4 Å². The van der Waals surface area contributed by atoms with Crippen molar-refractivity contribution >= 4 is 17.4 Å². The molecule has 0 spiro atoms. The fraction of sp³-hybridized carbons (Fsp3) is 0.267. The minimum Gasteiger partial charge on any atom is -0.355 e. The molecule has 2 rings (SSSR count). The Labute approximate surface area is 117 Å². The summed E-state index contributed by atoms with van der Waals surface area (Å²) in [4.78, 5) is 6.46. The maximum atomic E-state index is 13.2. The van der Waals surface area contributed by atoms with E-state index in [9.17, 15) is 4.39 Å². The summed E-state index contributed by atoms with van der Waals surface area (Å²) in [6.07, 6.45) is 0. The summed E-state index contributed by atoms with van der Waals surface area (Å²) < 4.78 is 13.2. The molecule has 0 atom stereocenters. The predicted molar refractivity (Wildman–Crippen MR) is 77.0 cm³/mol. The Morgan fingerprint density at radius 2 is 2.00 bits per heavy atom. The van der Waals surface area contributed by atoms with E-state index in [0.29, 0.717) is 12.4 Å². The molecule has 0 unspecified atom stereocenters. The van der Waals surface area contributed by atoms with Crippen LogP contribution in [0.1, 0.15) is 16.8 Å². The number of benzene rings is 1. The SMILES string of the molecule is Cc1cc(CCl)cc(N(C)Cc2cccc(F)c2)n1. The van der Waals surface area contributed by atoms with Crippen molar-refractivity contribution in [1.29, 1.82) is 0 Å². The van der Waals surface area contributed by atoms with Crippen molar-refractivity contribution in [3.8, 4) is 0 Å². The van der Waals surface area contributed by atoms with Crippen LogP contribution in [0, 0.1) is 12.7 Å². The van der Waals surface area contributed by atoms with Gasteiger partial charge in [-0.2, -0.15) is 0 Å². The molecule has 4 heteroatoms. The van der Waals surface area contributed by atoms with E-state index in [4.69, 9.17) is 11.6 Å². The van der Waals surface area contributed by atoms with E-state index in [1.54, 1.807) is 6.07 Å². The minimum absolute atomic E-state index is 0.218. The molecule has 100 valence electrons. The van der Waals surface area contributed by atoms with Gasteiger partial charge in [0.15, 0.2) is 0 Å². The van der Waals surface area contributed by atoms with Gasteiger partial charge in [0.25, 0.3) is 0 Å². The summed E-state index contributed by atoms with van der Waals surface area (Å²) in [5, 5.41) is 0. The minimum atomic E-state index is -0.218. The van der Waals surface area contributed by atoms with Crippen LogP contribution in [-0.2, 0) is 12.4 Å². The zero-order chi connectivity index (χ0) is 13.8. The number of halogens is 2. The number of rotatable bonds is 4. The second-order valence-corrected chi connectivity index (χ2v) is 4.86. The second-order valence-electron chi connectivity index (χ2n) is 4.59. The molecular weight excluding hydrogens is 263 g/mol. The molecule has 0 N–H and O–H groups in total. The monoisotopic (exact) mass is 278 g/mol. The van der Waals surface area contributed by atoms with Gasteiger partial charge in [-0.3, -0.25) is 0 Å². The average molecular weight is 279 g/mol. The van der Waals surface area contributed by atoms with Crippen LogP contribution in [0.25, 0.3) is 0 Å². The van der Waals surface area contributed by atoms with Crippen LogP contribution >= 0.6 is 11.6 Å². The Hall–Kier alpha value is -1.61. The fourth-order valence-corrected chi connectivity index (χ4v) is 2.14. The number of hydrogen-bond donors (Lipinski definition) is 0. The molecule has 1 aromatic carbocycles. The number of anilines is 1. The Kier molecular flexibility index (Phi) is 4.38. The molecular formula is C15H16ClFN2. The molecule has 19 heavy (non-hydrogen) atoms. The van der Waals surface area contributed by atoms with E-state index in [1.807, 2.05) is 37.1 Å². The lowest BCUT2D eigenvalue weighted by Crippen LogP contribution is -2.18. The number of aryl methyl sites for hydroxylation is 1. The largest absolute Gasteiger partial charge is 0.355 e. The normalized spacial score (nSPS) is 10.5. The summed E-state index contributed by atoms with van der Waals surface area (Å²) in [6.45, 7) is 2.55. The first-order valence-electron chi connectivity index (χ1n) is 6.07. The maximum absolute atomic E-state index is 13.2. The fourth-order valence-electron chi connectivity index (χ4n) is 1.98. The summed E-state index contributed by atoms with van der Waals surface area (Å²) >= 11 is 5.86. The molecule has 0 fully saturated rings. The zero-order valence-electron chi connectivity index (χ0n) is 11.0.